The van der Waals surface area contributed by atoms with Gasteiger partial charge >= 0.3 is 0 Å². The second-order valence-electron chi connectivity index (χ2n) is 6.04. The Bertz CT molecular complexity index is 593. The Balaban J connectivity index is 1.96. The fourth-order valence-corrected chi connectivity index (χ4v) is 3.74. The molecule has 2 aromatic rings. The van der Waals surface area contributed by atoms with Crippen molar-refractivity contribution in [1.29, 1.82) is 0 Å². The quantitative estimate of drug-likeness (QED) is 0.839. The summed E-state index contributed by atoms with van der Waals surface area (Å²) in [7, 11) is -0.963. The van der Waals surface area contributed by atoms with Crippen LogP contribution in [0.4, 0.5) is 0 Å². The van der Waals surface area contributed by atoms with Crippen LogP contribution >= 0.6 is 0 Å². The number of benzene rings is 2. The Morgan fingerprint density at radius 1 is 1.00 bits per heavy atom. The summed E-state index contributed by atoms with van der Waals surface area (Å²) in [6, 6.07) is 18.6. The van der Waals surface area contributed by atoms with Crippen molar-refractivity contribution in [3.63, 3.8) is 0 Å². The van der Waals surface area contributed by atoms with Crippen molar-refractivity contribution in [2.24, 2.45) is 5.92 Å². The Morgan fingerprint density at radius 3 is 2.23 bits per heavy atom. The second kappa shape index (κ2) is 8.25. The average molecular weight is 315 g/mol. The zero-order valence-electron chi connectivity index (χ0n) is 13.6. The van der Waals surface area contributed by atoms with Crippen LogP contribution in [0.2, 0.25) is 0 Å². The van der Waals surface area contributed by atoms with Crippen molar-refractivity contribution in [1.82, 2.24) is 5.32 Å². The third-order valence-corrected chi connectivity index (χ3v) is 5.29. The molecule has 0 amide bonds. The smallest absolute Gasteiger partial charge is 0.0545 e. The molecule has 0 aliphatic rings. The summed E-state index contributed by atoms with van der Waals surface area (Å²) in [6.07, 6.45) is 0. The fraction of sp³-hybridized carbons (Fsp3) is 0.368. The summed E-state index contributed by atoms with van der Waals surface area (Å²) in [5, 5.41) is 3.55. The first-order valence-electron chi connectivity index (χ1n) is 7.78. The van der Waals surface area contributed by atoms with Crippen molar-refractivity contribution in [3.05, 3.63) is 65.7 Å². The molecule has 0 radical (unpaired) electrons. The van der Waals surface area contributed by atoms with Crippen LogP contribution in [0, 0.1) is 12.8 Å². The van der Waals surface area contributed by atoms with E-state index in [0.29, 0.717) is 11.7 Å². The van der Waals surface area contributed by atoms with Gasteiger partial charge in [0, 0.05) is 23.2 Å². The number of hydrogen-bond acceptors (Lipinski definition) is 2. The zero-order chi connectivity index (χ0) is 15.9. The number of nitrogens with one attached hydrogen (secondary N) is 1. The van der Waals surface area contributed by atoms with Crippen molar-refractivity contribution in [3.8, 4) is 0 Å². The molecule has 2 rings (SSSR count). The molecule has 0 spiro atoms. The van der Waals surface area contributed by atoms with Gasteiger partial charge in [0.05, 0.1) is 10.8 Å². The lowest BCUT2D eigenvalue weighted by Gasteiger charge is -2.22. The van der Waals surface area contributed by atoms with Crippen LogP contribution in [0.3, 0.4) is 0 Å². The van der Waals surface area contributed by atoms with Gasteiger partial charge in [-0.3, -0.25) is 4.21 Å². The van der Waals surface area contributed by atoms with Crippen LogP contribution in [0.1, 0.15) is 25.0 Å². The molecule has 0 bridgehead atoms. The number of hydrogen-bond donors (Lipinski definition) is 1. The maximum atomic E-state index is 12.6. The minimum atomic E-state index is -0.963. The van der Waals surface area contributed by atoms with E-state index in [0.717, 1.165) is 11.4 Å². The molecule has 2 nitrogen and oxygen atoms in total. The maximum Gasteiger partial charge on any atom is 0.0545 e. The van der Waals surface area contributed by atoms with Gasteiger partial charge in [-0.15, -0.1) is 0 Å². The first-order valence-corrected chi connectivity index (χ1v) is 9.10. The molecule has 1 N–H and O–H groups in total. The van der Waals surface area contributed by atoms with Crippen LogP contribution in [0.5, 0.6) is 0 Å². The van der Waals surface area contributed by atoms with Gasteiger partial charge in [-0.2, -0.15) is 0 Å². The first-order chi connectivity index (χ1) is 10.6. The number of rotatable bonds is 7. The molecule has 0 aliphatic carbocycles. The van der Waals surface area contributed by atoms with Crippen molar-refractivity contribution in [2.75, 3.05) is 5.75 Å². The molecule has 0 aliphatic heterocycles. The highest BCUT2D eigenvalue weighted by Crippen LogP contribution is 2.13. The molecule has 0 aromatic heterocycles. The van der Waals surface area contributed by atoms with E-state index in [9.17, 15) is 4.21 Å². The summed E-state index contributed by atoms with van der Waals surface area (Å²) < 4.78 is 12.6. The van der Waals surface area contributed by atoms with Crippen LogP contribution in [0.15, 0.2) is 59.5 Å². The topological polar surface area (TPSA) is 29.1 Å². The third kappa shape index (κ3) is 5.08. The van der Waals surface area contributed by atoms with Crippen molar-refractivity contribution < 1.29 is 4.21 Å². The Kier molecular flexibility index (Phi) is 6.34. The van der Waals surface area contributed by atoms with E-state index in [4.69, 9.17) is 0 Å². The molecule has 22 heavy (non-hydrogen) atoms. The van der Waals surface area contributed by atoms with E-state index in [1.54, 1.807) is 0 Å². The Labute approximate surface area is 136 Å². The van der Waals surface area contributed by atoms with E-state index in [2.05, 4.69) is 31.3 Å². The van der Waals surface area contributed by atoms with Gasteiger partial charge in [0.1, 0.15) is 0 Å². The van der Waals surface area contributed by atoms with Gasteiger partial charge in [0.25, 0.3) is 0 Å². The largest absolute Gasteiger partial charge is 0.309 e. The molecule has 1 unspecified atom stereocenters. The lowest BCUT2D eigenvalue weighted by atomic mass is 10.1. The van der Waals surface area contributed by atoms with E-state index < -0.39 is 10.8 Å². The highest BCUT2D eigenvalue weighted by molar-refractivity contribution is 7.85. The summed E-state index contributed by atoms with van der Waals surface area (Å²) in [6.45, 7) is 7.21. The number of aryl methyl sites for hydroxylation is 1. The predicted octanol–water partition coefficient (Wildman–Crippen LogP) is 3.92. The third-order valence-electron chi connectivity index (χ3n) is 3.83. The standard InChI is InChI=1S/C19H25NOS/c1-15(2)19(20-13-17-7-5-4-6-8-17)14-22(21)18-11-9-16(3)10-12-18/h4-12,15,19-20H,13-14H2,1-3H3/t19-,22?/m0/s1. The Morgan fingerprint density at radius 2 is 1.64 bits per heavy atom. The molecule has 0 heterocycles. The summed E-state index contributed by atoms with van der Waals surface area (Å²) >= 11 is 0. The monoisotopic (exact) mass is 315 g/mol. The highest BCUT2D eigenvalue weighted by atomic mass is 32.2. The van der Waals surface area contributed by atoms with Crippen LogP contribution in [-0.2, 0) is 17.3 Å². The lowest BCUT2D eigenvalue weighted by molar-refractivity contribution is 0.429. The van der Waals surface area contributed by atoms with E-state index in [1.807, 2.05) is 49.4 Å². The van der Waals surface area contributed by atoms with Gasteiger partial charge in [0.15, 0.2) is 0 Å². The molecule has 2 aromatic carbocycles. The second-order valence-corrected chi connectivity index (χ2v) is 7.54. The molecule has 2 atom stereocenters. The average Bonchev–Trinajstić information content (AvgIpc) is 2.52. The minimum Gasteiger partial charge on any atom is -0.309 e. The van der Waals surface area contributed by atoms with Gasteiger partial charge in [-0.05, 0) is 30.5 Å². The summed E-state index contributed by atoms with van der Waals surface area (Å²) in [4.78, 5) is 0.915. The van der Waals surface area contributed by atoms with E-state index in [1.165, 1.54) is 11.1 Å². The van der Waals surface area contributed by atoms with Crippen LogP contribution < -0.4 is 5.32 Å². The predicted molar refractivity (Wildman–Crippen MR) is 94.4 cm³/mol. The van der Waals surface area contributed by atoms with Gasteiger partial charge in [-0.25, -0.2) is 0 Å². The van der Waals surface area contributed by atoms with E-state index >= 15 is 0 Å². The van der Waals surface area contributed by atoms with E-state index in [-0.39, 0.29) is 6.04 Å². The van der Waals surface area contributed by atoms with Gasteiger partial charge in [0.2, 0.25) is 0 Å². The normalized spacial score (nSPS) is 14.0. The van der Waals surface area contributed by atoms with Crippen molar-refractivity contribution >= 4 is 10.8 Å². The molecule has 3 heteroatoms. The van der Waals surface area contributed by atoms with Gasteiger partial charge in [-0.1, -0.05) is 61.9 Å². The van der Waals surface area contributed by atoms with Crippen LogP contribution in [-0.4, -0.2) is 16.0 Å². The molecule has 0 fully saturated rings. The molecular weight excluding hydrogens is 290 g/mol. The lowest BCUT2D eigenvalue weighted by Crippen LogP contribution is -2.38. The van der Waals surface area contributed by atoms with Gasteiger partial charge < -0.3 is 5.32 Å². The highest BCUT2D eigenvalue weighted by Gasteiger charge is 2.17. The first kappa shape index (κ1) is 16.9. The molecule has 118 valence electrons. The van der Waals surface area contributed by atoms with Crippen LogP contribution in [0.25, 0.3) is 0 Å². The SMILES string of the molecule is Cc1ccc(S(=O)C[C@H](NCc2ccccc2)C(C)C)cc1. The fourth-order valence-electron chi connectivity index (χ4n) is 2.28. The molecular formula is C19H25NOS. The minimum absolute atomic E-state index is 0.238. The summed E-state index contributed by atoms with van der Waals surface area (Å²) in [5.41, 5.74) is 2.46. The molecule has 0 saturated carbocycles. The zero-order valence-corrected chi connectivity index (χ0v) is 14.4. The molecule has 0 saturated heterocycles. The maximum absolute atomic E-state index is 12.6. The summed E-state index contributed by atoms with van der Waals surface area (Å²) in [5.74, 6) is 1.09. The van der Waals surface area contributed by atoms with Crippen molar-refractivity contribution in [2.45, 2.75) is 38.3 Å². The Hall–Kier alpha value is -1.45.